The van der Waals surface area contributed by atoms with E-state index in [9.17, 15) is 9.90 Å². The van der Waals surface area contributed by atoms with Crippen LogP contribution in [-0.2, 0) is 0 Å². The van der Waals surface area contributed by atoms with E-state index in [1.807, 2.05) is 54.6 Å². The molecule has 5 heteroatoms. The second kappa shape index (κ2) is 7.21. The standard InChI is InChI=1S/C22H14BrNO3/c23-16-8-11-20-18(12-16)19(13-21(27-20)14-4-2-1-3-5-14)24-17-9-6-15(7-10-17)22(25)26/h1-13H,(H,25,26)/p-1. The molecular weight excluding hydrogens is 406 g/mol. The smallest absolute Gasteiger partial charge is 0.136 e. The molecule has 0 saturated carbocycles. The molecule has 27 heavy (non-hydrogen) atoms. The quantitative estimate of drug-likeness (QED) is 0.493. The summed E-state index contributed by atoms with van der Waals surface area (Å²) in [7, 11) is 0. The minimum absolute atomic E-state index is 0.120. The molecule has 0 saturated heterocycles. The van der Waals surface area contributed by atoms with Gasteiger partial charge in [-0.15, -0.1) is 0 Å². The molecule has 0 atom stereocenters. The van der Waals surface area contributed by atoms with Crippen LogP contribution in [0.2, 0.25) is 0 Å². The zero-order chi connectivity index (χ0) is 18.8. The van der Waals surface area contributed by atoms with Gasteiger partial charge in [0.05, 0.1) is 17.0 Å². The maximum Gasteiger partial charge on any atom is 0.136 e. The van der Waals surface area contributed by atoms with Gasteiger partial charge in [0.15, 0.2) is 0 Å². The summed E-state index contributed by atoms with van der Waals surface area (Å²) in [5.41, 5.74) is 2.43. The first kappa shape index (κ1) is 17.2. The predicted molar refractivity (Wildman–Crippen MR) is 105 cm³/mol. The number of benzene rings is 3. The lowest BCUT2D eigenvalue weighted by molar-refractivity contribution is -0.255. The topological polar surface area (TPSA) is 65.6 Å². The number of fused-ring (bicyclic) bond motifs is 1. The van der Waals surface area contributed by atoms with Gasteiger partial charge < -0.3 is 14.3 Å². The fourth-order valence-electron chi connectivity index (χ4n) is 2.79. The summed E-state index contributed by atoms with van der Waals surface area (Å²) in [6.07, 6.45) is 0. The van der Waals surface area contributed by atoms with Gasteiger partial charge in [-0.3, -0.25) is 0 Å². The average Bonchev–Trinajstić information content (AvgIpc) is 2.69. The lowest BCUT2D eigenvalue weighted by atomic mass is 10.1. The highest BCUT2D eigenvalue weighted by molar-refractivity contribution is 9.10. The molecule has 0 fully saturated rings. The lowest BCUT2D eigenvalue weighted by Gasteiger charge is -2.06. The Kier molecular flexibility index (Phi) is 4.60. The van der Waals surface area contributed by atoms with Crippen molar-refractivity contribution in [3.05, 3.63) is 94.3 Å². The molecule has 3 aromatic carbocycles. The van der Waals surface area contributed by atoms with Gasteiger partial charge in [0.25, 0.3) is 0 Å². The van der Waals surface area contributed by atoms with Crippen LogP contribution < -0.4 is 10.5 Å². The monoisotopic (exact) mass is 418 g/mol. The zero-order valence-corrected chi connectivity index (χ0v) is 15.6. The summed E-state index contributed by atoms with van der Waals surface area (Å²) in [6, 6.07) is 23.7. The molecule has 0 spiro atoms. The average molecular weight is 419 g/mol. The van der Waals surface area contributed by atoms with Crippen LogP contribution >= 0.6 is 15.9 Å². The molecule has 132 valence electrons. The zero-order valence-electron chi connectivity index (χ0n) is 14.1. The number of carboxylic acid groups (broad SMARTS) is 1. The first-order chi connectivity index (χ1) is 13.1. The van der Waals surface area contributed by atoms with Gasteiger partial charge in [0.1, 0.15) is 11.3 Å². The van der Waals surface area contributed by atoms with Crippen LogP contribution in [0.4, 0.5) is 5.69 Å². The molecule has 0 N–H and O–H groups in total. The summed E-state index contributed by atoms with van der Waals surface area (Å²) in [5, 5.41) is 12.5. The molecule has 1 heterocycles. The summed E-state index contributed by atoms with van der Waals surface area (Å²) in [5.74, 6) is -0.503. The lowest BCUT2D eigenvalue weighted by Crippen LogP contribution is -2.21. The van der Waals surface area contributed by atoms with E-state index in [4.69, 9.17) is 9.41 Å². The summed E-state index contributed by atoms with van der Waals surface area (Å²) < 4.78 is 6.98. The van der Waals surface area contributed by atoms with Crippen LogP contribution in [0.25, 0.3) is 22.3 Å². The van der Waals surface area contributed by atoms with Crippen molar-refractivity contribution in [3.63, 3.8) is 0 Å². The van der Waals surface area contributed by atoms with E-state index >= 15 is 0 Å². The van der Waals surface area contributed by atoms with Crippen LogP contribution in [0.3, 0.4) is 0 Å². The Hall–Kier alpha value is -3.18. The fourth-order valence-corrected chi connectivity index (χ4v) is 3.15. The third kappa shape index (κ3) is 3.68. The Balaban J connectivity index is 1.94. The van der Waals surface area contributed by atoms with Crippen molar-refractivity contribution in [2.24, 2.45) is 4.99 Å². The van der Waals surface area contributed by atoms with Crippen molar-refractivity contribution in [1.29, 1.82) is 0 Å². The van der Waals surface area contributed by atoms with Crippen LogP contribution in [0.5, 0.6) is 0 Å². The maximum atomic E-state index is 10.9. The molecule has 0 unspecified atom stereocenters. The molecule has 4 rings (SSSR count). The minimum atomic E-state index is -1.21. The van der Waals surface area contributed by atoms with Crippen molar-refractivity contribution in [1.82, 2.24) is 0 Å². The predicted octanol–water partition coefficient (Wildman–Crippen LogP) is 4.46. The maximum absolute atomic E-state index is 10.9. The van der Waals surface area contributed by atoms with E-state index in [-0.39, 0.29) is 5.56 Å². The number of aromatic carboxylic acids is 1. The first-order valence-electron chi connectivity index (χ1n) is 8.25. The van der Waals surface area contributed by atoms with E-state index < -0.39 is 5.97 Å². The van der Waals surface area contributed by atoms with Crippen LogP contribution in [0.1, 0.15) is 10.4 Å². The Bertz CT molecular complexity index is 1200. The number of hydrogen-bond acceptors (Lipinski definition) is 4. The highest BCUT2D eigenvalue weighted by atomic mass is 79.9. The molecular formula is C22H13BrNO3-. The normalized spacial score (nSPS) is 11.7. The fraction of sp³-hybridized carbons (Fsp3) is 0. The number of carbonyl (C=O) groups is 1. The van der Waals surface area contributed by atoms with Gasteiger partial charge in [0, 0.05) is 21.5 Å². The van der Waals surface area contributed by atoms with Crippen LogP contribution in [0, 0.1) is 0 Å². The largest absolute Gasteiger partial charge is 0.545 e. The Morgan fingerprint density at radius 1 is 0.926 bits per heavy atom. The first-order valence-corrected chi connectivity index (χ1v) is 9.04. The van der Waals surface area contributed by atoms with Gasteiger partial charge in [-0.1, -0.05) is 58.4 Å². The van der Waals surface area contributed by atoms with Gasteiger partial charge in [-0.2, -0.15) is 0 Å². The van der Waals surface area contributed by atoms with Gasteiger partial charge in [-0.25, -0.2) is 4.99 Å². The Morgan fingerprint density at radius 2 is 1.67 bits per heavy atom. The summed E-state index contributed by atoms with van der Waals surface area (Å²) in [4.78, 5) is 15.6. The van der Waals surface area contributed by atoms with E-state index in [2.05, 4.69) is 15.9 Å². The Labute approximate surface area is 163 Å². The molecule has 0 aliphatic rings. The summed E-state index contributed by atoms with van der Waals surface area (Å²) >= 11 is 3.49. The third-order valence-corrected chi connectivity index (χ3v) is 4.61. The molecule has 0 aliphatic carbocycles. The highest BCUT2D eigenvalue weighted by Crippen LogP contribution is 2.24. The number of hydrogen-bond donors (Lipinski definition) is 0. The number of halogens is 1. The number of nitrogens with zero attached hydrogens (tertiary/aromatic N) is 1. The second-order valence-electron chi connectivity index (χ2n) is 5.95. The van der Waals surface area contributed by atoms with Crippen molar-refractivity contribution in [2.75, 3.05) is 0 Å². The van der Waals surface area contributed by atoms with Crippen molar-refractivity contribution < 1.29 is 14.3 Å². The number of carbonyl (C=O) groups excluding carboxylic acids is 1. The SMILES string of the molecule is O=C([O-])c1ccc(N=c2cc(-c3ccccc3)oc3ccc(Br)cc23)cc1. The molecule has 0 bridgehead atoms. The van der Waals surface area contributed by atoms with Crippen LogP contribution in [0.15, 0.2) is 92.7 Å². The summed E-state index contributed by atoms with van der Waals surface area (Å²) in [6.45, 7) is 0. The molecule has 4 nitrogen and oxygen atoms in total. The van der Waals surface area contributed by atoms with Crippen LogP contribution in [-0.4, -0.2) is 5.97 Å². The van der Waals surface area contributed by atoms with Crippen molar-refractivity contribution in [2.45, 2.75) is 0 Å². The molecule has 0 amide bonds. The van der Waals surface area contributed by atoms with E-state index in [0.717, 1.165) is 20.8 Å². The molecule has 0 aliphatic heterocycles. The highest BCUT2D eigenvalue weighted by Gasteiger charge is 2.07. The number of rotatable bonds is 3. The molecule has 1 aromatic heterocycles. The van der Waals surface area contributed by atoms with E-state index in [0.29, 0.717) is 17.0 Å². The second-order valence-corrected chi connectivity index (χ2v) is 6.86. The van der Waals surface area contributed by atoms with Gasteiger partial charge in [-0.05, 0) is 35.9 Å². The van der Waals surface area contributed by atoms with Crippen molar-refractivity contribution in [3.8, 4) is 11.3 Å². The van der Waals surface area contributed by atoms with E-state index in [1.165, 1.54) is 12.1 Å². The molecule has 0 radical (unpaired) electrons. The third-order valence-electron chi connectivity index (χ3n) is 4.12. The van der Waals surface area contributed by atoms with E-state index in [1.54, 1.807) is 12.1 Å². The van der Waals surface area contributed by atoms with Gasteiger partial charge in [0.2, 0.25) is 0 Å². The Morgan fingerprint density at radius 3 is 2.37 bits per heavy atom. The van der Waals surface area contributed by atoms with Gasteiger partial charge >= 0.3 is 0 Å². The van der Waals surface area contributed by atoms with Crippen molar-refractivity contribution >= 4 is 38.6 Å². The minimum Gasteiger partial charge on any atom is -0.545 e. The number of carboxylic acids is 1. The molecule has 4 aromatic rings.